The predicted molar refractivity (Wildman–Crippen MR) is 54.8 cm³/mol. The van der Waals surface area contributed by atoms with E-state index in [2.05, 4.69) is 25.7 Å². The molecule has 1 saturated carbocycles. The molecule has 0 aromatic heterocycles. The fourth-order valence-electron chi connectivity index (χ4n) is 2.26. The van der Waals surface area contributed by atoms with Crippen molar-refractivity contribution < 1.29 is 4.79 Å². The molecule has 76 valence electrons. The molecule has 0 heterocycles. The number of carbonyl (C=O) groups is 1. The largest absolute Gasteiger partial charge is 0.298 e. The topological polar surface area (TPSA) is 20.3 Å². The third-order valence-corrected chi connectivity index (χ3v) is 2.95. The van der Waals surface area contributed by atoms with E-state index < -0.39 is 0 Å². The lowest BCUT2D eigenvalue weighted by Gasteiger charge is -2.35. The van der Waals surface area contributed by atoms with Gasteiger partial charge < -0.3 is 0 Å². The molecular weight excluding hydrogens is 162 g/mol. The Labute approximate surface area is 81.3 Å². The maximum Gasteiger partial charge on any atom is 0.149 e. The normalized spacial score (nSPS) is 24.4. The molecule has 1 unspecified atom stereocenters. The number of rotatable bonds is 3. The second-order valence-corrected chi connectivity index (χ2v) is 4.15. The highest BCUT2D eigenvalue weighted by Crippen LogP contribution is 2.21. The van der Waals surface area contributed by atoms with Crippen LogP contribution in [0.15, 0.2) is 0 Å². The van der Waals surface area contributed by atoms with Crippen LogP contribution in [0.3, 0.4) is 0 Å². The van der Waals surface area contributed by atoms with Gasteiger partial charge in [-0.2, -0.15) is 0 Å². The SMILES string of the molecule is CCN(C(C)C)C1CCCCC1=O. The summed E-state index contributed by atoms with van der Waals surface area (Å²) < 4.78 is 0. The van der Waals surface area contributed by atoms with Crippen molar-refractivity contribution in [3.63, 3.8) is 0 Å². The number of carbonyl (C=O) groups excluding carboxylic acids is 1. The summed E-state index contributed by atoms with van der Waals surface area (Å²) in [4.78, 5) is 14.0. The Bertz CT molecular complexity index is 177. The maximum absolute atomic E-state index is 11.7. The summed E-state index contributed by atoms with van der Waals surface area (Å²) in [5, 5.41) is 0. The van der Waals surface area contributed by atoms with Crippen molar-refractivity contribution in [2.24, 2.45) is 0 Å². The number of likely N-dealkylation sites (N-methyl/N-ethyl adjacent to an activating group) is 1. The Morgan fingerprint density at radius 2 is 2.15 bits per heavy atom. The Hall–Kier alpha value is -0.370. The zero-order valence-corrected chi connectivity index (χ0v) is 9.05. The van der Waals surface area contributed by atoms with E-state index in [1.807, 2.05) is 0 Å². The second-order valence-electron chi connectivity index (χ2n) is 4.15. The summed E-state index contributed by atoms with van der Waals surface area (Å²) in [6.45, 7) is 7.48. The summed E-state index contributed by atoms with van der Waals surface area (Å²) >= 11 is 0. The van der Waals surface area contributed by atoms with E-state index in [9.17, 15) is 4.79 Å². The molecule has 0 bridgehead atoms. The van der Waals surface area contributed by atoms with Gasteiger partial charge in [0.1, 0.15) is 5.78 Å². The van der Waals surface area contributed by atoms with E-state index in [4.69, 9.17) is 0 Å². The fourth-order valence-corrected chi connectivity index (χ4v) is 2.26. The van der Waals surface area contributed by atoms with Gasteiger partial charge in [0.2, 0.25) is 0 Å². The molecule has 0 aliphatic heterocycles. The minimum atomic E-state index is 0.221. The van der Waals surface area contributed by atoms with Crippen molar-refractivity contribution in [1.29, 1.82) is 0 Å². The lowest BCUT2D eigenvalue weighted by molar-refractivity contribution is -0.126. The first kappa shape index (κ1) is 10.7. The van der Waals surface area contributed by atoms with Gasteiger partial charge in [-0.1, -0.05) is 13.3 Å². The van der Waals surface area contributed by atoms with Crippen molar-refractivity contribution in [2.75, 3.05) is 6.54 Å². The van der Waals surface area contributed by atoms with Crippen LogP contribution in [0.25, 0.3) is 0 Å². The lowest BCUT2D eigenvalue weighted by atomic mass is 9.92. The van der Waals surface area contributed by atoms with E-state index in [0.717, 1.165) is 25.8 Å². The van der Waals surface area contributed by atoms with E-state index in [1.54, 1.807) is 0 Å². The van der Waals surface area contributed by atoms with Crippen LogP contribution < -0.4 is 0 Å². The van der Waals surface area contributed by atoms with Crippen molar-refractivity contribution in [1.82, 2.24) is 4.90 Å². The van der Waals surface area contributed by atoms with E-state index in [0.29, 0.717) is 11.8 Å². The number of hydrogen-bond acceptors (Lipinski definition) is 2. The molecule has 13 heavy (non-hydrogen) atoms. The number of nitrogens with zero attached hydrogens (tertiary/aromatic N) is 1. The zero-order valence-electron chi connectivity index (χ0n) is 9.05. The van der Waals surface area contributed by atoms with Gasteiger partial charge in [-0.25, -0.2) is 0 Å². The third-order valence-electron chi connectivity index (χ3n) is 2.95. The molecule has 1 atom stereocenters. The van der Waals surface area contributed by atoms with Crippen LogP contribution in [0.1, 0.15) is 46.5 Å². The van der Waals surface area contributed by atoms with Gasteiger partial charge >= 0.3 is 0 Å². The molecule has 0 radical (unpaired) electrons. The molecule has 0 aromatic carbocycles. The van der Waals surface area contributed by atoms with E-state index >= 15 is 0 Å². The van der Waals surface area contributed by atoms with Gasteiger partial charge in [0.15, 0.2) is 0 Å². The molecule has 0 saturated heterocycles. The number of hydrogen-bond donors (Lipinski definition) is 0. The predicted octanol–water partition coefficient (Wildman–Crippen LogP) is 2.23. The third kappa shape index (κ3) is 2.53. The van der Waals surface area contributed by atoms with Crippen LogP contribution >= 0.6 is 0 Å². The summed E-state index contributed by atoms with van der Waals surface area (Å²) in [6, 6.07) is 0.718. The highest BCUT2D eigenvalue weighted by molar-refractivity contribution is 5.84. The van der Waals surface area contributed by atoms with Crippen molar-refractivity contribution >= 4 is 5.78 Å². The smallest absolute Gasteiger partial charge is 0.149 e. The van der Waals surface area contributed by atoms with Crippen molar-refractivity contribution in [3.8, 4) is 0 Å². The minimum absolute atomic E-state index is 0.221. The first-order chi connectivity index (χ1) is 6.16. The molecule has 0 spiro atoms. The fraction of sp³-hybridized carbons (Fsp3) is 0.909. The molecule has 1 rings (SSSR count). The van der Waals surface area contributed by atoms with Gasteiger partial charge in [0.25, 0.3) is 0 Å². The zero-order chi connectivity index (χ0) is 9.84. The molecule has 2 heteroatoms. The van der Waals surface area contributed by atoms with Gasteiger partial charge in [-0.05, 0) is 33.2 Å². The summed E-state index contributed by atoms with van der Waals surface area (Å²) in [5.74, 6) is 0.460. The van der Waals surface area contributed by atoms with Crippen molar-refractivity contribution in [3.05, 3.63) is 0 Å². The highest BCUT2D eigenvalue weighted by Gasteiger charge is 2.28. The minimum Gasteiger partial charge on any atom is -0.298 e. The van der Waals surface area contributed by atoms with Gasteiger partial charge in [0, 0.05) is 12.5 Å². The van der Waals surface area contributed by atoms with Crippen LogP contribution in [0, 0.1) is 0 Å². The monoisotopic (exact) mass is 183 g/mol. The number of ketones is 1. The van der Waals surface area contributed by atoms with Crippen LogP contribution in [0.5, 0.6) is 0 Å². The lowest BCUT2D eigenvalue weighted by Crippen LogP contribution is -2.46. The quantitative estimate of drug-likeness (QED) is 0.668. The van der Waals surface area contributed by atoms with Gasteiger partial charge in [-0.15, -0.1) is 0 Å². The summed E-state index contributed by atoms with van der Waals surface area (Å²) in [5.41, 5.74) is 0. The van der Waals surface area contributed by atoms with Crippen LogP contribution in [0.4, 0.5) is 0 Å². The van der Waals surface area contributed by atoms with E-state index in [1.165, 1.54) is 6.42 Å². The molecule has 0 aromatic rings. The Balaban J connectivity index is 2.60. The summed E-state index contributed by atoms with van der Waals surface area (Å²) in [6.07, 6.45) is 4.20. The summed E-state index contributed by atoms with van der Waals surface area (Å²) in [7, 11) is 0. The Kier molecular flexibility index (Phi) is 3.91. The van der Waals surface area contributed by atoms with Gasteiger partial charge in [0.05, 0.1) is 6.04 Å². The average Bonchev–Trinajstić information content (AvgIpc) is 2.09. The second kappa shape index (κ2) is 4.75. The average molecular weight is 183 g/mol. The Morgan fingerprint density at radius 1 is 1.46 bits per heavy atom. The van der Waals surface area contributed by atoms with Gasteiger partial charge in [-0.3, -0.25) is 9.69 Å². The molecule has 2 nitrogen and oxygen atoms in total. The number of Topliss-reactive ketones (excluding diaryl/α,β-unsaturated/α-hetero) is 1. The van der Waals surface area contributed by atoms with Crippen LogP contribution in [-0.4, -0.2) is 29.3 Å². The van der Waals surface area contributed by atoms with E-state index in [-0.39, 0.29) is 6.04 Å². The Morgan fingerprint density at radius 3 is 2.62 bits per heavy atom. The molecule has 1 aliphatic rings. The first-order valence-corrected chi connectivity index (χ1v) is 5.45. The molecule has 1 fully saturated rings. The standard InChI is InChI=1S/C11H21NO/c1-4-12(9(2)3)10-7-5-6-8-11(10)13/h9-10H,4-8H2,1-3H3. The highest BCUT2D eigenvalue weighted by atomic mass is 16.1. The van der Waals surface area contributed by atoms with Crippen LogP contribution in [-0.2, 0) is 4.79 Å². The first-order valence-electron chi connectivity index (χ1n) is 5.45. The molecule has 0 amide bonds. The van der Waals surface area contributed by atoms with Crippen LogP contribution in [0.2, 0.25) is 0 Å². The maximum atomic E-state index is 11.7. The molecule has 1 aliphatic carbocycles. The van der Waals surface area contributed by atoms with Crippen molar-refractivity contribution in [2.45, 2.75) is 58.5 Å². The molecular formula is C11H21NO. The molecule has 0 N–H and O–H groups in total.